The minimum absolute atomic E-state index is 0.0468. The van der Waals surface area contributed by atoms with Gasteiger partial charge in [-0.1, -0.05) is 78.3 Å². The summed E-state index contributed by atoms with van der Waals surface area (Å²) in [5, 5.41) is 31.2. The molecular formula is C30H33ClN8O9. The number of hydrogen-bond acceptors (Lipinski definition) is 13. The zero-order valence-electron chi connectivity index (χ0n) is 26.0. The molecule has 0 N–H and O–H groups in total. The quantitative estimate of drug-likeness (QED) is 0.0557. The Morgan fingerprint density at radius 2 is 1.58 bits per heavy atom. The number of nitrogens with zero attached hydrogens (tertiary/aromatic N) is 8. The smallest absolute Gasteiger partial charge is 0.306 e. The van der Waals surface area contributed by atoms with Crippen LogP contribution >= 0.6 is 11.6 Å². The van der Waals surface area contributed by atoms with Crippen molar-refractivity contribution in [2.75, 3.05) is 13.2 Å². The van der Waals surface area contributed by atoms with Gasteiger partial charge in [-0.25, -0.2) is 4.98 Å². The van der Waals surface area contributed by atoms with E-state index in [1.807, 2.05) is 53.1 Å². The number of imidazole rings is 1. The van der Waals surface area contributed by atoms with Crippen LogP contribution in [0.15, 0.2) is 48.5 Å². The molecular weight excluding hydrogens is 652 g/mol. The molecule has 0 fully saturated rings. The Kier molecular flexibility index (Phi) is 12.9. The fourth-order valence-electron chi connectivity index (χ4n) is 4.72. The van der Waals surface area contributed by atoms with Gasteiger partial charge in [-0.3, -0.25) is 9.59 Å². The van der Waals surface area contributed by atoms with Crippen molar-refractivity contribution < 1.29 is 34.2 Å². The molecule has 2 heterocycles. The van der Waals surface area contributed by atoms with E-state index >= 15 is 0 Å². The summed E-state index contributed by atoms with van der Waals surface area (Å²) in [5.41, 5.74) is 3.79. The van der Waals surface area contributed by atoms with Gasteiger partial charge in [0.2, 0.25) is 5.82 Å². The fraction of sp³-hybridized carbons (Fsp3) is 0.400. The van der Waals surface area contributed by atoms with Crippen LogP contribution in [0.3, 0.4) is 0 Å². The van der Waals surface area contributed by atoms with E-state index in [0.717, 1.165) is 40.2 Å². The molecule has 2 aromatic carbocycles. The number of tetrazole rings is 1. The predicted molar refractivity (Wildman–Crippen MR) is 168 cm³/mol. The molecule has 18 heteroatoms. The number of carbonyl (C=O) groups is 2. The zero-order chi connectivity index (χ0) is 34.5. The minimum Gasteiger partial charge on any atom is -0.459 e. The lowest BCUT2D eigenvalue weighted by Crippen LogP contribution is -2.15. The maximum atomic E-state index is 12.4. The van der Waals surface area contributed by atoms with E-state index < -0.39 is 22.0 Å². The second-order valence-corrected chi connectivity index (χ2v) is 10.8. The first kappa shape index (κ1) is 35.4. The lowest BCUT2D eigenvalue weighted by Gasteiger charge is -2.14. The third-order valence-corrected chi connectivity index (χ3v) is 7.39. The average Bonchev–Trinajstić information content (AvgIpc) is 3.68. The highest BCUT2D eigenvalue weighted by atomic mass is 35.5. The van der Waals surface area contributed by atoms with Gasteiger partial charge in [0, 0.05) is 31.4 Å². The Morgan fingerprint density at radius 1 is 0.917 bits per heavy atom. The van der Waals surface area contributed by atoms with Gasteiger partial charge in [-0.05, 0) is 41.2 Å². The number of ether oxygens (including phenoxy) is 1. The Hall–Kier alpha value is -5.45. The molecule has 0 unspecified atom stereocenters. The predicted octanol–water partition coefficient (Wildman–Crippen LogP) is 4.91. The first-order chi connectivity index (χ1) is 23.2. The van der Waals surface area contributed by atoms with Crippen LogP contribution in [0, 0.1) is 20.2 Å². The molecule has 17 nitrogen and oxygen atoms in total. The fourth-order valence-corrected chi connectivity index (χ4v) is 4.98. The highest BCUT2D eigenvalue weighted by molar-refractivity contribution is 6.30. The van der Waals surface area contributed by atoms with E-state index in [-0.39, 0.29) is 56.5 Å². The topological polar surface area (TPSA) is 210 Å². The molecule has 0 aliphatic carbocycles. The first-order valence-corrected chi connectivity index (χ1v) is 15.5. The number of halogens is 1. The van der Waals surface area contributed by atoms with Crippen LogP contribution in [0.1, 0.15) is 67.3 Å². The van der Waals surface area contributed by atoms with Crippen LogP contribution in [0.5, 0.6) is 0 Å². The second-order valence-electron chi connectivity index (χ2n) is 10.5. The van der Waals surface area contributed by atoms with Crippen LogP contribution in [-0.4, -0.2) is 65.0 Å². The van der Waals surface area contributed by atoms with E-state index in [1.54, 1.807) is 0 Å². The molecule has 0 aliphatic heterocycles. The number of aryl methyl sites for hydroxylation is 1. The van der Waals surface area contributed by atoms with Crippen LogP contribution in [0.25, 0.3) is 22.5 Å². The van der Waals surface area contributed by atoms with Crippen molar-refractivity contribution >= 4 is 23.5 Å². The van der Waals surface area contributed by atoms with Gasteiger partial charge in [0.25, 0.3) is 16.1 Å². The number of carbonyl (C=O) groups excluding carboxylic acids is 2. The van der Waals surface area contributed by atoms with Gasteiger partial charge >= 0.3 is 5.97 Å². The monoisotopic (exact) mass is 684 g/mol. The van der Waals surface area contributed by atoms with Gasteiger partial charge in [0.15, 0.2) is 5.15 Å². The van der Waals surface area contributed by atoms with Crippen molar-refractivity contribution in [2.45, 2.75) is 65.0 Å². The molecule has 0 saturated carbocycles. The minimum atomic E-state index is -0.915. The summed E-state index contributed by atoms with van der Waals surface area (Å²) in [5.74, 6) is -0.0136. The number of aromatic nitrogens is 6. The molecule has 48 heavy (non-hydrogen) atoms. The summed E-state index contributed by atoms with van der Waals surface area (Å²) < 4.78 is 7.35. The van der Waals surface area contributed by atoms with E-state index in [2.05, 4.69) is 37.0 Å². The SMILES string of the molecule is CCCCc1nc(Cl)c(COC(=O)CCCO[N+](=O)[O-])n1Cc1ccc(-c2ccccc2-c2nnn(C(=O)CCCO[N+](=O)[O-])n2)cc1. The number of esters is 1. The molecule has 0 saturated heterocycles. The van der Waals surface area contributed by atoms with Crippen LogP contribution in [-0.2, 0) is 38.8 Å². The summed E-state index contributed by atoms with van der Waals surface area (Å²) in [6, 6.07) is 15.2. The molecule has 4 aromatic rings. The highest BCUT2D eigenvalue weighted by Crippen LogP contribution is 2.30. The van der Waals surface area contributed by atoms with Crippen molar-refractivity contribution in [1.82, 2.24) is 29.8 Å². The number of hydrogen-bond donors (Lipinski definition) is 0. The van der Waals surface area contributed by atoms with Crippen LogP contribution < -0.4 is 0 Å². The van der Waals surface area contributed by atoms with Crippen LogP contribution in [0.2, 0.25) is 5.15 Å². The van der Waals surface area contributed by atoms with E-state index in [9.17, 15) is 29.8 Å². The summed E-state index contributed by atoms with van der Waals surface area (Å²) in [6.07, 6.45) is 2.68. The average molecular weight is 685 g/mol. The van der Waals surface area contributed by atoms with Crippen molar-refractivity contribution in [2.24, 2.45) is 0 Å². The Morgan fingerprint density at radius 3 is 2.25 bits per heavy atom. The molecule has 0 aliphatic rings. The number of benzene rings is 2. The lowest BCUT2D eigenvalue weighted by atomic mass is 9.98. The maximum absolute atomic E-state index is 12.4. The largest absolute Gasteiger partial charge is 0.459 e. The number of rotatable bonds is 19. The summed E-state index contributed by atoms with van der Waals surface area (Å²) in [7, 11) is 0. The third-order valence-electron chi connectivity index (χ3n) is 7.09. The van der Waals surface area contributed by atoms with Crippen molar-refractivity contribution in [3.8, 4) is 22.5 Å². The van der Waals surface area contributed by atoms with Gasteiger partial charge < -0.3 is 19.0 Å². The molecule has 0 amide bonds. The zero-order valence-corrected chi connectivity index (χ0v) is 26.8. The molecule has 2 aromatic heterocycles. The molecule has 0 spiro atoms. The molecule has 0 bridgehead atoms. The molecule has 0 radical (unpaired) electrons. The second kappa shape index (κ2) is 17.5. The number of unbranched alkanes of at least 4 members (excludes halogenated alkanes) is 1. The van der Waals surface area contributed by atoms with E-state index in [4.69, 9.17) is 16.3 Å². The van der Waals surface area contributed by atoms with Gasteiger partial charge in [-0.15, -0.1) is 30.4 Å². The Balaban J connectivity index is 1.47. The van der Waals surface area contributed by atoms with E-state index in [1.165, 1.54) is 0 Å². The molecule has 0 atom stereocenters. The Bertz CT molecular complexity index is 1730. The van der Waals surface area contributed by atoms with Crippen molar-refractivity contribution in [1.29, 1.82) is 0 Å². The van der Waals surface area contributed by atoms with Gasteiger partial charge in [0.1, 0.15) is 12.4 Å². The Labute approximate surface area is 279 Å². The summed E-state index contributed by atoms with van der Waals surface area (Å²) >= 11 is 6.50. The maximum Gasteiger partial charge on any atom is 0.306 e. The van der Waals surface area contributed by atoms with Gasteiger partial charge in [-0.2, -0.15) is 0 Å². The summed E-state index contributed by atoms with van der Waals surface area (Å²) in [6.45, 7) is 1.95. The van der Waals surface area contributed by atoms with Crippen molar-refractivity contribution in [3.63, 3.8) is 0 Å². The lowest BCUT2D eigenvalue weighted by molar-refractivity contribution is -0.757. The summed E-state index contributed by atoms with van der Waals surface area (Å²) in [4.78, 5) is 59.2. The third kappa shape index (κ3) is 10.0. The normalized spacial score (nSPS) is 10.9. The standard InChI is InChI=1S/C30H33ClN8O9/c1-2-3-10-26-32-29(31)25(20-46-28(41)12-7-18-48-39(44)45)36(26)19-21-13-15-22(16-14-21)23-8-4-5-9-24(23)30-33-35-37(34-30)27(40)11-6-17-47-38(42)43/h4-5,8-9,13-16H,2-3,6-7,10-12,17-20H2,1H3. The van der Waals surface area contributed by atoms with Gasteiger partial charge in [0.05, 0.1) is 18.9 Å². The van der Waals surface area contributed by atoms with Crippen molar-refractivity contribution in [3.05, 3.63) is 91.0 Å². The first-order valence-electron chi connectivity index (χ1n) is 15.1. The van der Waals surface area contributed by atoms with Crippen LogP contribution in [0.4, 0.5) is 0 Å². The molecule has 4 rings (SSSR count). The highest BCUT2D eigenvalue weighted by Gasteiger charge is 2.19. The van der Waals surface area contributed by atoms with E-state index in [0.29, 0.717) is 24.2 Å². The molecule has 254 valence electrons.